The third-order valence-corrected chi connectivity index (χ3v) is 6.02. The number of hydrogen-bond acceptors (Lipinski definition) is 6. The lowest BCUT2D eigenvalue weighted by atomic mass is 9.82. The Balaban J connectivity index is 1.24. The number of fused-ring (bicyclic) bond motifs is 1. The predicted octanol–water partition coefficient (Wildman–Crippen LogP) is 4.39. The van der Waals surface area contributed by atoms with E-state index in [9.17, 15) is 4.79 Å². The van der Waals surface area contributed by atoms with Crippen LogP contribution in [0.5, 0.6) is 5.75 Å². The van der Waals surface area contributed by atoms with E-state index in [0.717, 1.165) is 31.5 Å². The minimum atomic E-state index is -0.403. The average Bonchev–Trinajstić information content (AvgIpc) is 3.18. The minimum Gasteiger partial charge on any atom is -0.486 e. The van der Waals surface area contributed by atoms with Crippen molar-refractivity contribution in [3.63, 3.8) is 0 Å². The van der Waals surface area contributed by atoms with Gasteiger partial charge in [-0.05, 0) is 24.3 Å². The van der Waals surface area contributed by atoms with Crippen molar-refractivity contribution >= 4 is 17.4 Å². The zero-order chi connectivity index (χ0) is 19.8. The van der Waals surface area contributed by atoms with E-state index in [-0.39, 0.29) is 5.78 Å². The SMILES string of the molecule is O=C1CC2(CCN(Cc3nnc(-c4ccccc4Cl)o3)CC2)Oc2ccccc21. The van der Waals surface area contributed by atoms with Crippen LogP contribution in [0, 0.1) is 0 Å². The molecule has 29 heavy (non-hydrogen) atoms. The summed E-state index contributed by atoms with van der Waals surface area (Å²) in [6.45, 7) is 2.18. The standard InChI is InChI=1S/C22H20ClN3O3/c23-17-7-3-1-5-15(17)21-25-24-20(28-21)14-26-11-9-22(10-12-26)13-18(27)16-6-2-4-8-19(16)29-22/h1-8H,9-14H2. The molecule has 0 aliphatic carbocycles. The molecule has 7 heteroatoms. The van der Waals surface area contributed by atoms with Gasteiger partial charge in [-0.3, -0.25) is 9.69 Å². The molecule has 0 atom stereocenters. The summed E-state index contributed by atoms with van der Waals surface area (Å²) in [4.78, 5) is 14.8. The van der Waals surface area contributed by atoms with Gasteiger partial charge in [0.1, 0.15) is 11.4 Å². The fraction of sp³-hybridized carbons (Fsp3) is 0.318. The van der Waals surface area contributed by atoms with Crippen LogP contribution >= 0.6 is 11.6 Å². The molecule has 148 valence electrons. The number of hydrogen-bond donors (Lipinski definition) is 0. The summed E-state index contributed by atoms with van der Waals surface area (Å²) in [6.07, 6.45) is 2.02. The van der Waals surface area contributed by atoms with Crippen molar-refractivity contribution in [1.29, 1.82) is 0 Å². The van der Waals surface area contributed by atoms with Gasteiger partial charge >= 0.3 is 0 Å². The molecule has 1 saturated heterocycles. The second-order valence-electron chi connectivity index (χ2n) is 7.64. The third-order valence-electron chi connectivity index (χ3n) is 5.69. The summed E-state index contributed by atoms with van der Waals surface area (Å²) in [7, 11) is 0. The van der Waals surface area contributed by atoms with E-state index < -0.39 is 5.60 Å². The maximum atomic E-state index is 12.6. The Morgan fingerprint density at radius 3 is 2.52 bits per heavy atom. The van der Waals surface area contributed by atoms with Crippen molar-refractivity contribution in [2.75, 3.05) is 13.1 Å². The van der Waals surface area contributed by atoms with Crippen molar-refractivity contribution in [3.8, 4) is 17.2 Å². The highest BCUT2D eigenvalue weighted by molar-refractivity contribution is 6.33. The Labute approximate surface area is 173 Å². The molecule has 1 aromatic heterocycles. The molecule has 2 aromatic carbocycles. The lowest BCUT2D eigenvalue weighted by Gasteiger charge is -2.43. The van der Waals surface area contributed by atoms with Gasteiger partial charge in [0, 0.05) is 25.9 Å². The average molecular weight is 410 g/mol. The van der Waals surface area contributed by atoms with Gasteiger partial charge in [0.05, 0.1) is 29.1 Å². The van der Waals surface area contributed by atoms with Crippen LogP contribution in [0.2, 0.25) is 5.02 Å². The number of benzene rings is 2. The number of ether oxygens (including phenoxy) is 1. The van der Waals surface area contributed by atoms with Gasteiger partial charge in [-0.2, -0.15) is 0 Å². The molecule has 0 radical (unpaired) electrons. The van der Waals surface area contributed by atoms with Crippen LogP contribution in [-0.2, 0) is 6.54 Å². The fourth-order valence-electron chi connectivity index (χ4n) is 4.09. The van der Waals surface area contributed by atoms with E-state index in [1.54, 1.807) is 6.07 Å². The normalized spacial score (nSPS) is 18.4. The predicted molar refractivity (Wildman–Crippen MR) is 108 cm³/mol. The van der Waals surface area contributed by atoms with E-state index >= 15 is 0 Å². The maximum absolute atomic E-state index is 12.6. The molecule has 6 nitrogen and oxygen atoms in total. The van der Waals surface area contributed by atoms with Crippen molar-refractivity contribution in [3.05, 3.63) is 65.0 Å². The fourth-order valence-corrected chi connectivity index (χ4v) is 4.31. The highest BCUT2D eigenvalue weighted by atomic mass is 35.5. The Bertz CT molecular complexity index is 1060. The second kappa shape index (κ2) is 7.28. The van der Waals surface area contributed by atoms with Crippen molar-refractivity contribution in [2.24, 2.45) is 0 Å². The number of para-hydroxylation sites is 1. The van der Waals surface area contributed by atoms with Gasteiger partial charge in [0.25, 0.3) is 0 Å². The number of halogens is 1. The van der Waals surface area contributed by atoms with Crippen LogP contribution in [0.4, 0.5) is 0 Å². The van der Waals surface area contributed by atoms with Crippen LogP contribution in [-0.4, -0.2) is 39.6 Å². The van der Waals surface area contributed by atoms with E-state index in [4.69, 9.17) is 20.8 Å². The van der Waals surface area contributed by atoms with Gasteiger partial charge in [0.15, 0.2) is 5.78 Å². The van der Waals surface area contributed by atoms with Crippen LogP contribution in [0.1, 0.15) is 35.5 Å². The minimum absolute atomic E-state index is 0.168. The van der Waals surface area contributed by atoms with Gasteiger partial charge < -0.3 is 9.15 Å². The summed E-state index contributed by atoms with van der Waals surface area (Å²) in [6, 6.07) is 14.9. The van der Waals surface area contributed by atoms with Crippen LogP contribution in [0.3, 0.4) is 0 Å². The van der Waals surface area contributed by atoms with Crippen molar-refractivity contribution in [2.45, 2.75) is 31.4 Å². The van der Waals surface area contributed by atoms with Crippen LogP contribution in [0.25, 0.3) is 11.5 Å². The number of rotatable bonds is 3. The lowest BCUT2D eigenvalue weighted by molar-refractivity contribution is -0.0122. The number of ketones is 1. The number of aromatic nitrogens is 2. The van der Waals surface area contributed by atoms with Gasteiger partial charge in [-0.1, -0.05) is 35.9 Å². The number of Topliss-reactive ketones (excluding diaryl/α,β-unsaturated/α-hetero) is 1. The Kier molecular flexibility index (Phi) is 4.60. The quantitative estimate of drug-likeness (QED) is 0.639. The molecule has 0 unspecified atom stereocenters. The molecule has 0 bridgehead atoms. The first-order valence-electron chi connectivity index (χ1n) is 9.73. The molecule has 1 fully saturated rings. The number of nitrogens with zero attached hydrogens (tertiary/aromatic N) is 3. The smallest absolute Gasteiger partial charge is 0.249 e. The third kappa shape index (κ3) is 3.54. The van der Waals surface area contributed by atoms with E-state index in [0.29, 0.717) is 41.1 Å². The summed E-state index contributed by atoms with van der Waals surface area (Å²) in [5.74, 6) is 1.86. The topological polar surface area (TPSA) is 68.5 Å². The monoisotopic (exact) mass is 409 g/mol. The zero-order valence-corrected chi connectivity index (χ0v) is 16.6. The highest BCUT2D eigenvalue weighted by Crippen LogP contribution is 2.39. The number of likely N-dealkylation sites (tertiary alicyclic amines) is 1. The summed E-state index contributed by atoms with van der Waals surface area (Å²) < 4.78 is 12.1. The van der Waals surface area contributed by atoms with Gasteiger partial charge in [-0.15, -0.1) is 10.2 Å². The molecule has 1 spiro atoms. The molecule has 2 aliphatic rings. The first-order valence-corrected chi connectivity index (χ1v) is 10.1. The van der Waals surface area contributed by atoms with Crippen molar-refractivity contribution in [1.82, 2.24) is 15.1 Å². The number of carbonyl (C=O) groups is 1. The van der Waals surface area contributed by atoms with E-state index in [1.807, 2.05) is 42.5 Å². The molecule has 5 rings (SSSR count). The zero-order valence-electron chi connectivity index (χ0n) is 15.8. The Morgan fingerprint density at radius 1 is 1.00 bits per heavy atom. The molecule has 3 aromatic rings. The largest absolute Gasteiger partial charge is 0.486 e. The molecule has 0 amide bonds. The van der Waals surface area contributed by atoms with E-state index in [2.05, 4.69) is 15.1 Å². The molecular weight excluding hydrogens is 390 g/mol. The molecule has 0 saturated carbocycles. The maximum Gasteiger partial charge on any atom is 0.249 e. The van der Waals surface area contributed by atoms with Crippen LogP contribution < -0.4 is 4.74 Å². The first-order chi connectivity index (χ1) is 14.1. The van der Waals surface area contributed by atoms with Gasteiger partial charge in [-0.25, -0.2) is 0 Å². The molecular formula is C22H20ClN3O3. The highest BCUT2D eigenvalue weighted by Gasteiger charge is 2.42. The summed E-state index contributed by atoms with van der Waals surface area (Å²) in [5, 5.41) is 8.89. The van der Waals surface area contributed by atoms with E-state index in [1.165, 1.54) is 0 Å². The lowest BCUT2D eigenvalue weighted by Crippen LogP contribution is -2.50. The molecule has 3 heterocycles. The molecule has 2 aliphatic heterocycles. The Hall–Kier alpha value is -2.70. The summed E-state index contributed by atoms with van der Waals surface area (Å²) in [5.41, 5.74) is 1.02. The second-order valence-corrected chi connectivity index (χ2v) is 8.05. The van der Waals surface area contributed by atoms with Crippen LogP contribution in [0.15, 0.2) is 52.9 Å². The van der Waals surface area contributed by atoms with Gasteiger partial charge in [0.2, 0.25) is 11.8 Å². The molecule has 0 N–H and O–H groups in total. The number of carbonyl (C=O) groups excluding carboxylic acids is 1. The first kappa shape index (κ1) is 18.3. The number of piperidine rings is 1. The summed E-state index contributed by atoms with van der Waals surface area (Å²) >= 11 is 6.21. The van der Waals surface area contributed by atoms with Crippen molar-refractivity contribution < 1.29 is 13.9 Å². The Morgan fingerprint density at radius 2 is 1.72 bits per heavy atom.